The molecule has 4 heteroatoms. The van der Waals surface area contributed by atoms with Crippen molar-refractivity contribution in [2.75, 3.05) is 11.4 Å². The molecule has 1 aromatic carbocycles. The topological polar surface area (TPSA) is 29.5 Å². The summed E-state index contributed by atoms with van der Waals surface area (Å²) in [5.74, 6) is 3.33. The van der Waals surface area contributed by atoms with Crippen LogP contribution in [0, 0.1) is 11.5 Å². The molecule has 0 aromatic heterocycles. The van der Waals surface area contributed by atoms with Crippen molar-refractivity contribution in [3.05, 3.63) is 29.3 Å². The van der Waals surface area contributed by atoms with Gasteiger partial charge in [-0.25, -0.2) is 4.79 Å². The number of fused-ring (bicyclic) bond motifs is 1. The van der Waals surface area contributed by atoms with Gasteiger partial charge in [0.25, 0.3) is 0 Å². The minimum Gasteiger partial charge on any atom is -0.443 e. The lowest BCUT2D eigenvalue weighted by Crippen LogP contribution is -2.35. The zero-order valence-corrected chi connectivity index (χ0v) is 15.4. The van der Waals surface area contributed by atoms with Gasteiger partial charge in [0.2, 0.25) is 0 Å². The summed E-state index contributed by atoms with van der Waals surface area (Å²) in [6.07, 6.45) is 0.562. The molecule has 0 aliphatic carbocycles. The molecule has 3 nitrogen and oxygen atoms in total. The average Bonchev–Trinajstić information content (AvgIpc) is 2.77. The summed E-state index contributed by atoms with van der Waals surface area (Å²) >= 11 is 0. The Morgan fingerprint density at radius 3 is 2.55 bits per heavy atom. The normalized spacial score (nSPS) is 14.2. The van der Waals surface area contributed by atoms with Crippen molar-refractivity contribution in [3.8, 4) is 11.5 Å². The molecule has 1 heterocycles. The third kappa shape index (κ3) is 4.14. The Balaban J connectivity index is 2.30. The van der Waals surface area contributed by atoms with Crippen LogP contribution in [-0.2, 0) is 11.2 Å². The van der Waals surface area contributed by atoms with Gasteiger partial charge < -0.3 is 4.74 Å². The fraction of sp³-hybridized carbons (Fsp3) is 0.500. The van der Waals surface area contributed by atoms with Gasteiger partial charge in [-0.1, -0.05) is 31.6 Å². The number of nitrogens with zero attached hydrogens (tertiary/aromatic N) is 1. The van der Waals surface area contributed by atoms with E-state index in [-0.39, 0.29) is 6.09 Å². The molecule has 0 atom stereocenters. The van der Waals surface area contributed by atoms with Crippen molar-refractivity contribution in [2.45, 2.75) is 52.4 Å². The highest BCUT2D eigenvalue weighted by Crippen LogP contribution is 2.31. The van der Waals surface area contributed by atoms with E-state index in [9.17, 15) is 4.79 Å². The first kappa shape index (κ1) is 16.6. The quantitative estimate of drug-likeness (QED) is 0.530. The number of hydrogen-bond acceptors (Lipinski definition) is 2. The highest BCUT2D eigenvalue weighted by Gasteiger charge is 2.29. The monoisotopic (exact) mass is 315 g/mol. The summed E-state index contributed by atoms with van der Waals surface area (Å²) in [6, 6.07) is 5.99. The average molecular weight is 315 g/mol. The molecule has 1 aromatic rings. The van der Waals surface area contributed by atoms with Crippen molar-refractivity contribution in [3.63, 3.8) is 0 Å². The fourth-order valence-electron chi connectivity index (χ4n) is 2.31. The number of hydrogen-bond donors (Lipinski definition) is 0. The Morgan fingerprint density at radius 2 is 1.95 bits per heavy atom. The largest absolute Gasteiger partial charge is 0.443 e. The molecule has 0 saturated heterocycles. The predicted octanol–water partition coefficient (Wildman–Crippen LogP) is 4.21. The van der Waals surface area contributed by atoms with Gasteiger partial charge in [0.05, 0.1) is 5.69 Å². The lowest BCUT2D eigenvalue weighted by atomic mass is 10.1. The second-order valence-corrected chi connectivity index (χ2v) is 12.4. The number of rotatable bonds is 0. The van der Waals surface area contributed by atoms with Crippen molar-refractivity contribution < 1.29 is 9.53 Å². The van der Waals surface area contributed by atoms with Crippen molar-refractivity contribution in [1.29, 1.82) is 0 Å². The van der Waals surface area contributed by atoms with E-state index < -0.39 is 13.7 Å². The molecule has 1 amide bonds. The van der Waals surface area contributed by atoms with E-state index in [4.69, 9.17) is 4.74 Å². The molecule has 0 N–H and O–H groups in total. The number of amides is 1. The summed E-state index contributed by atoms with van der Waals surface area (Å²) in [5, 5.41) is 0. The lowest BCUT2D eigenvalue weighted by Gasteiger charge is -2.24. The summed E-state index contributed by atoms with van der Waals surface area (Å²) < 4.78 is 5.49. The minimum atomic E-state index is -1.41. The van der Waals surface area contributed by atoms with Crippen LogP contribution >= 0.6 is 0 Å². The van der Waals surface area contributed by atoms with Crippen LogP contribution in [0.4, 0.5) is 10.5 Å². The maximum atomic E-state index is 12.3. The van der Waals surface area contributed by atoms with Gasteiger partial charge >= 0.3 is 6.09 Å². The highest BCUT2D eigenvalue weighted by molar-refractivity contribution is 6.83. The fourth-order valence-corrected chi connectivity index (χ4v) is 2.82. The third-order valence-electron chi connectivity index (χ3n) is 3.21. The van der Waals surface area contributed by atoms with E-state index in [1.165, 1.54) is 5.56 Å². The zero-order valence-electron chi connectivity index (χ0n) is 14.4. The number of carbonyl (C=O) groups excluding carboxylic acids is 1. The lowest BCUT2D eigenvalue weighted by molar-refractivity contribution is 0.0584. The Labute approximate surface area is 134 Å². The van der Waals surface area contributed by atoms with Crippen LogP contribution in [0.15, 0.2) is 18.2 Å². The summed E-state index contributed by atoms with van der Waals surface area (Å²) in [6.45, 7) is 13.0. The van der Waals surface area contributed by atoms with Crippen LogP contribution in [0.25, 0.3) is 0 Å². The Bertz CT molecular complexity index is 642. The Kier molecular flexibility index (Phi) is 4.39. The maximum absolute atomic E-state index is 12.3. The van der Waals surface area contributed by atoms with Gasteiger partial charge in [0, 0.05) is 12.1 Å². The van der Waals surface area contributed by atoms with Crippen LogP contribution in [0.5, 0.6) is 0 Å². The van der Waals surface area contributed by atoms with Crippen LogP contribution in [0.3, 0.4) is 0 Å². The second kappa shape index (κ2) is 5.81. The molecule has 2 rings (SSSR count). The molecule has 118 valence electrons. The van der Waals surface area contributed by atoms with Gasteiger partial charge in [-0.15, -0.1) is 5.54 Å². The highest BCUT2D eigenvalue weighted by atomic mass is 28.3. The summed E-state index contributed by atoms with van der Waals surface area (Å²) in [7, 11) is -1.41. The second-order valence-electron chi connectivity index (χ2n) is 7.69. The van der Waals surface area contributed by atoms with Crippen molar-refractivity contribution in [2.24, 2.45) is 0 Å². The van der Waals surface area contributed by atoms with E-state index in [2.05, 4.69) is 31.1 Å². The van der Waals surface area contributed by atoms with Gasteiger partial charge in [0.15, 0.2) is 0 Å². The standard InChI is InChI=1S/C18H25NO2Si/c1-18(2,3)21-17(20)19-12-10-15-14(8-7-9-16(15)19)11-13-22(4,5)6/h7-9H,10,12H2,1-6H3. The zero-order chi connectivity index (χ0) is 16.5. The van der Waals surface area contributed by atoms with Crippen molar-refractivity contribution >= 4 is 19.9 Å². The van der Waals surface area contributed by atoms with Gasteiger partial charge in [-0.2, -0.15) is 0 Å². The summed E-state index contributed by atoms with van der Waals surface area (Å²) in [4.78, 5) is 14.0. The van der Waals surface area contributed by atoms with E-state index in [0.29, 0.717) is 6.54 Å². The van der Waals surface area contributed by atoms with Crippen LogP contribution in [-0.4, -0.2) is 26.3 Å². The molecule has 0 unspecified atom stereocenters. The van der Waals surface area contributed by atoms with Crippen molar-refractivity contribution in [1.82, 2.24) is 0 Å². The molecule has 22 heavy (non-hydrogen) atoms. The number of benzene rings is 1. The SMILES string of the molecule is CC(C)(C)OC(=O)N1CCc2c(C#C[Si](C)(C)C)cccc21. The van der Waals surface area contributed by atoms with Crippen LogP contribution < -0.4 is 4.90 Å². The predicted molar refractivity (Wildman–Crippen MR) is 94.0 cm³/mol. The Morgan fingerprint density at radius 1 is 1.27 bits per heavy atom. The minimum absolute atomic E-state index is 0.276. The van der Waals surface area contributed by atoms with Crippen LogP contribution in [0.2, 0.25) is 19.6 Å². The molecule has 0 spiro atoms. The molecular formula is C18H25NO2Si. The van der Waals surface area contributed by atoms with Gasteiger partial charge in [-0.05, 0) is 44.9 Å². The van der Waals surface area contributed by atoms with E-state index in [1.54, 1.807) is 4.90 Å². The first-order valence-corrected chi connectivity index (χ1v) is 11.2. The first-order valence-electron chi connectivity index (χ1n) is 7.72. The first-order chi connectivity index (χ1) is 10.1. The maximum Gasteiger partial charge on any atom is 0.414 e. The number of anilines is 1. The Hall–Kier alpha value is -1.73. The van der Waals surface area contributed by atoms with E-state index in [1.807, 2.05) is 39.0 Å². The summed E-state index contributed by atoms with van der Waals surface area (Å²) in [5.41, 5.74) is 6.08. The third-order valence-corrected chi connectivity index (χ3v) is 4.09. The number of carbonyl (C=O) groups is 1. The van der Waals surface area contributed by atoms with Gasteiger partial charge in [0.1, 0.15) is 13.7 Å². The molecule has 0 bridgehead atoms. The molecular weight excluding hydrogens is 290 g/mol. The van der Waals surface area contributed by atoms with E-state index in [0.717, 1.165) is 17.7 Å². The molecule has 0 radical (unpaired) electrons. The van der Waals surface area contributed by atoms with Gasteiger partial charge in [-0.3, -0.25) is 4.90 Å². The molecule has 0 fully saturated rings. The molecule has 0 saturated carbocycles. The molecule has 1 aliphatic rings. The smallest absolute Gasteiger partial charge is 0.414 e. The number of ether oxygens (including phenoxy) is 1. The molecule has 1 aliphatic heterocycles. The van der Waals surface area contributed by atoms with Crippen LogP contribution in [0.1, 0.15) is 31.9 Å². The van der Waals surface area contributed by atoms with E-state index >= 15 is 0 Å².